The summed E-state index contributed by atoms with van der Waals surface area (Å²) in [6, 6.07) is 17.0. The Labute approximate surface area is 168 Å². The highest BCUT2D eigenvalue weighted by Crippen LogP contribution is 2.27. The second-order valence-corrected chi connectivity index (χ2v) is 7.22. The van der Waals surface area contributed by atoms with Crippen LogP contribution in [0.1, 0.15) is 34.5 Å². The molecule has 4 nitrogen and oxygen atoms in total. The maximum absolute atomic E-state index is 12.5. The molecule has 3 rings (SSSR count). The fourth-order valence-corrected chi connectivity index (χ4v) is 3.23. The van der Waals surface area contributed by atoms with Gasteiger partial charge in [-0.15, -0.1) is 0 Å². The summed E-state index contributed by atoms with van der Waals surface area (Å²) in [6.07, 6.45) is 3.67. The highest BCUT2D eigenvalue weighted by molar-refractivity contribution is 6.30. The standard InChI is InChI=1S/C21H19Cl2N3O/c1-14(26-21(27)20-10-11-24-13-25-20)19(16-4-8-18(23)9-5-16)12-15-2-6-17(22)7-3-15/h2-11,13-14,19H,12H2,1H3,(H,26,27)/t14-,19+/m1/s1. The van der Waals surface area contributed by atoms with Gasteiger partial charge in [-0.1, -0.05) is 47.5 Å². The van der Waals surface area contributed by atoms with E-state index in [-0.39, 0.29) is 17.9 Å². The minimum absolute atomic E-state index is 0.0641. The Hall–Kier alpha value is -2.43. The van der Waals surface area contributed by atoms with Crippen LogP contribution in [0.2, 0.25) is 10.0 Å². The largest absolute Gasteiger partial charge is 0.348 e. The maximum Gasteiger partial charge on any atom is 0.270 e. The van der Waals surface area contributed by atoms with E-state index in [9.17, 15) is 4.79 Å². The molecule has 1 amide bonds. The summed E-state index contributed by atoms with van der Waals surface area (Å²) in [5.74, 6) is -0.158. The van der Waals surface area contributed by atoms with Crippen LogP contribution in [0, 0.1) is 0 Å². The quantitative estimate of drug-likeness (QED) is 0.639. The second-order valence-electron chi connectivity index (χ2n) is 6.35. The van der Waals surface area contributed by atoms with Crippen molar-refractivity contribution in [2.24, 2.45) is 0 Å². The number of halogens is 2. The Balaban J connectivity index is 1.82. The van der Waals surface area contributed by atoms with Crippen molar-refractivity contribution >= 4 is 29.1 Å². The number of nitrogens with zero attached hydrogens (tertiary/aromatic N) is 2. The van der Waals surface area contributed by atoms with Gasteiger partial charge in [0.15, 0.2) is 0 Å². The van der Waals surface area contributed by atoms with E-state index in [0.29, 0.717) is 15.7 Å². The Morgan fingerprint density at radius 2 is 1.63 bits per heavy atom. The van der Waals surface area contributed by atoms with Crippen molar-refractivity contribution in [3.63, 3.8) is 0 Å². The number of hydrogen-bond acceptors (Lipinski definition) is 3. The van der Waals surface area contributed by atoms with Gasteiger partial charge < -0.3 is 5.32 Å². The number of rotatable bonds is 6. The molecule has 6 heteroatoms. The number of aromatic nitrogens is 2. The minimum atomic E-state index is -0.222. The minimum Gasteiger partial charge on any atom is -0.348 e. The summed E-state index contributed by atoms with van der Waals surface area (Å²) in [7, 11) is 0. The zero-order valence-electron chi connectivity index (χ0n) is 14.8. The number of benzene rings is 2. The third-order valence-corrected chi connectivity index (χ3v) is 4.95. The monoisotopic (exact) mass is 399 g/mol. The molecule has 0 bridgehead atoms. The number of carbonyl (C=O) groups is 1. The van der Waals surface area contributed by atoms with Crippen molar-refractivity contribution in [2.75, 3.05) is 0 Å². The lowest BCUT2D eigenvalue weighted by molar-refractivity contribution is 0.0929. The molecular weight excluding hydrogens is 381 g/mol. The molecule has 3 aromatic rings. The third-order valence-electron chi connectivity index (χ3n) is 4.44. The van der Waals surface area contributed by atoms with Gasteiger partial charge in [-0.05, 0) is 54.8 Å². The Morgan fingerprint density at radius 3 is 2.22 bits per heavy atom. The van der Waals surface area contributed by atoms with Gasteiger partial charge in [0.05, 0.1) is 0 Å². The van der Waals surface area contributed by atoms with Gasteiger partial charge in [0.2, 0.25) is 0 Å². The van der Waals surface area contributed by atoms with Crippen molar-refractivity contribution in [1.82, 2.24) is 15.3 Å². The lowest BCUT2D eigenvalue weighted by Crippen LogP contribution is -2.38. The van der Waals surface area contributed by atoms with Crippen molar-refractivity contribution in [3.8, 4) is 0 Å². The van der Waals surface area contributed by atoms with Gasteiger partial charge in [0.1, 0.15) is 12.0 Å². The molecular formula is C21H19Cl2N3O. The normalized spacial score (nSPS) is 13.0. The van der Waals surface area contributed by atoms with Gasteiger partial charge in [-0.2, -0.15) is 0 Å². The average Bonchev–Trinajstić information content (AvgIpc) is 2.69. The summed E-state index contributed by atoms with van der Waals surface area (Å²) in [5, 5.41) is 4.44. The van der Waals surface area contributed by atoms with Crippen molar-refractivity contribution < 1.29 is 4.79 Å². The molecule has 0 fully saturated rings. The van der Waals surface area contributed by atoms with E-state index < -0.39 is 0 Å². The molecule has 1 N–H and O–H groups in total. The van der Waals surface area contributed by atoms with Crippen molar-refractivity contribution in [2.45, 2.75) is 25.3 Å². The van der Waals surface area contributed by atoms with Crippen molar-refractivity contribution in [3.05, 3.63) is 94.0 Å². The fraction of sp³-hybridized carbons (Fsp3) is 0.190. The third kappa shape index (κ3) is 5.28. The first-order valence-electron chi connectivity index (χ1n) is 8.59. The zero-order valence-corrected chi connectivity index (χ0v) is 16.3. The molecule has 2 aromatic carbocycles. The Bertz CT molecular complexity index is 884. The molecule has 0 unspecified atom stereocenters. The number of nitrogens with one attached hydrogen (secondary N) is 1. The average molecular weight is 400 g/mol. The first-order valence-corrected chi connectivity index (χ1v) is 9.35. The Morgan fingerprint density at radius 1 is 1.00 bits per heavy atom. The van der Waals surface area contributed by atoms with Crippen LogP contribution in [-0.2, 0) is 6.42 Å². The highest BCUT2D eigenvalue weighted by Gasteiger charge is 2.22. The molecule has 0 aliphatic rings. The number of hydrogen-bond donors (Lipinski definition) is 1. The molecule has 27 heavy (non-hydrogen) atoms. The first-order chi connectivity index (χ1) is 13.0. The van der Waals surface area contributed by atoms with Gasteiger partial charge >= 0.3 is 0 Å². The van der Waals surface area contributed by atoms with Crippen LogP contribution < -0.4 is 5.32 Å². The highest BCUT2D eigenvalue weighted by atomic mass is 35.5. The lowest BCUT2D eigenvalue weighted by atomic mass is 9.86. The van der Waals surface area contributed by atoms with E-state index >= 15 is 0 Å². The molecule has 0 aliphatic heterocycles. The number of amides is 1. The summed E-state index contributed by atoms with van der Waals surface area (Å²) in [5.41, 5.74) is 2.59. The smallest absolute Gasteiger partial charge is 0.270 e. The van der Waals surface area contributed by atoms with E-state index in [1.807, 2.05) is 55.5 Å². The van der Waals surface area contributed by atoms with Crippen LogP contribution in [-0.4, -0.2) is 21.9 Å². The predicted octanol–water partition coefficient (Wildman–Crippen LogP) is 4.93. The molecule has 0 saturated carbocycles. The number of carbonyl (C=O) groups excluding carboxylic acids is 1. The molecule has 0 aliphatic carbocycles. The predicted molar refractivity (Wildman–Crippen MR) is 108 cm³/mol. The molecule has 1 aromatic heterocycles. The lowest BCUT2D eigenvalue weighted by Gasteiger charge is -2.26. The van der Waals surface area contributed by atoms with Crippen LogP contribution in [0.25, 0.3) is 0 Å². The topological polar surface area (TPSA) is 54.9 Å². The van der Waals surface area contributed by atoms with Gasteiger partial charge in [0.25, 0.3) is 5.91 Å². The molecule has 2 atom stereocenters. The van der Waals surface area contributed by atoms with Crippen molar-refractivity contribution in [1.29, 1.82) is 0 Å². The molecule has 138 valence electrons. The molecule has 0 spiro atoms. The van der Waals surface area contributed by atoms with Crippen LogP contribution in [0.5, 0.6) is 0 Å². The molecule has 0 radical (unpaired) electrons. The summed E-state index contributed by atoms with van der Waals surface area (Å²) in [6.45, 7) is 1.99. The zero-order chi connectivity index (χ0) is 19.2. The first kappa shape index (κ1) is 19.3. The van der Waals surface area contributed by atoms with E-state index in [2.05, 4.69) is 15.3 Å². The fourth-order valence-electron chi connectivity index (χ4n) is 2.97. The molecule has 1 heterocycles. The van der Waals surface area contributed by atoms with E-state index in [0.717, 1.165) is 17.5 Å². The summed E-state index contributed by atoms with van der Waals surface area (Å²) >= 11 is 12.0. The van der Waals surface area contributed by atoms with E-state index in [1.165, 1.54) is 6.33 Å². The van der Waals surface area contributed by atoms with Gasteiger partial charge in [-0.3, -0.25) is 4.79 Å². The Kier molecular flexibility index (Phi) is 6.43. The maximum atomic E-state index is 12.5. The van der Waals surface area contributed by atoms with Crippen LogP contribution in [0.15, 0.2) is 67.1 Å². The summed E-state index contributed by atoms with van der Waals surface area (Å²) in [4.78, 5) is 20.4. The van der Waals surface area contributed by atoms with E-state index in [1.54, 1.807) is 12.3 Å². The van der Waals surface area contributed by atoms with Crippen LogP contribution in [0.3, 0.4) is 0 Å². The second kappa shape index (κ2) is 8.98. The molecule has 0 saturated heterocycles. The SMILES string of the molecule is C[C@@H](NC(=O)c1ccncn1)[C@H](Cc1ccc(Cl)cc1)c1ccc(Cl)cc1. The van der Waals surface area contributed by atoms with Crippen LogP contribution >= 0.6 is 23.2 Å². The van der Waals surface area contributed by atoms with Crippen LogP contribution in [0.4, 0.5) is 0 Å². The van der Waals surface area contributed by atoms with Gasteiger partial charge in [-0.25, -0.2) is 9.97 Å². The van der Waals surface area contributed by atoms with Gasteiger partial charge in [0, 0.05) is 28.2 Å². The summed E-state index contributed by atoms with van der Waals surface area (Å²) < 4.78 is 0. The van der Waals surface area contributed by atoms with E-state index in [4.69, 9.17) is 23.2 Å².